The summed E-state index contributed by atoms with van der Waals surface area (Å²) in [4.78, 5) is 38.1. The van der Waals surface area contributed by atoms with Crippen molar-refractivity contribution in [3.63, 3.8) is 0 Å². The maximum Gasteiger partial charge on any atom is 0.306 e. The van der Waals surface area contributed by atoms with Crippen LogP contribution in [-0.4, -0.2) is 37.2 Å². The summed E-state index contributed by atoms with van der Waals surface area (Å²) in [5.74, 6) is -0.981. The van der Waals surface area contributed by atoms with Crippen LogP contribution in [-0.2, 0) is 28.6 Å². The number of rotatable bonds is 47. The van der Waals surface area contributed by atoms with Crippen LogP contribution < -0.4 is 0 Å². The zero-order valence-electron chi connectivity index (χ0n) is 42.7. The Labute approximate surface area is 406 Å². The fraction of sp³-hybridized carbons (Fsp3) is 0.650. The predicted molar refractivity (Wildman–Crippen MR) is 283 cm³/mol. The van der Waals surface area contributed by atoms with Crippen molar-refractivity contribution in [1.82, 2.24) is 0 Å². The molecule has 0 heterocycles. The molecule has 6 heteroatoms. The average molecular weight is 915 g/mol. The second kappa shape index (κ2) is 53.7. The summed E-state index contributed by atoms with van der Waals surface area (Å²) < 4.78 is 16.8. The SMILES string of the molecule is CC\C=C/C=C\C=C/C=C\C=C/CCCCCC(=O)OCC(COC(=O)CCCCCCCCCCCCCCCCCCC)OC(=O)CCCCC/C=C\C/C=C\C/C=C\C/C=C\CC. The molecule has 0 aliphatic carbocycles. The van der Waals surface area contributed by atoms with Crippen molar-refractivity contribution < 1.29 is 28.6 Å². The molecule has 0 aromatic rings. The van der Waals surface area contributed by atoms with Gasteiger partial charge in [0.15, 0.2) is 6.10 Å². The molecule has 0 saturated carbocycles. The van der Waals surface area contributed by atoms with E-state index in [9.17, 15) is 14.4 Å². The second-order valence-corrected chi connectivity index (χ2v) is 17.5. The largest absolute Gasteiger partial charge is 0.462 e. The van der Waals surface area contributed by atoms with Gasteiger partial charge in [-0.25, -0.2) is 0 Å². The molecule has 0 aliphatic rings. The Balaban J connectivity index is 4.50. The summed E-state index contributed by atoms with van der Waals surface area (Å²) in [6.45, 7) is 6.32. The van der Waals surface area contributed by atoms with Gasteiger partial charge in [0.25, 0.3) is 0 Å². The molecule has 66 heavy (non-hydrogen) atoms. The van der Waals surface area contributed by atoms with Crippen LogP contribution in [0, 0.1) is 0 Å². The predicted octanol–water partition coefficient (Wildman–Crippen LogP) is 17.9. The highest BCUT2D eigenvalue weighted by Crippen LogP contribution is 2.15. The van der Waals surface area contributed by atoms with E-state index in [1.54, 1.807) is 0 Å². The van der Waals surface area contributed by atoms with Crippen LogP contribution in [0.4, 0.5) is 0 Å². The minimum absolute atomic E-state index is 0.105. The first-order chi connectivity index (χ1) is 32.5. The second-order valence-electron chi connectivity index (χ2n) is 17.5. The Kier molecular flexibility index (Phi) is 50.5. The topological polar surface area (TPSA) is 78.9 Å². The summed E-state index contributed by atoms with van der Waals surface area (Å²) >= 11 is 0. The molecule has 1 unspecified atom stereocenters. The fourth-order valence-corrected chi connectivity index (χ4v) is 7.16. The van der Waals surface area contributed by atoms with Gasteiger partial charge < -0.3 is 14.2 Å². The van der Waals surface area contributed by atoms with Crippen molar-refractivity contribution in [2.24, 2.45) is 0 Å². The van der Waals surface area contributed by atoms with Crippen molar-refractivity contribution in [3.05, 3.63) is 109 Å². The number of carbonyl (C=O) groups excluding carboxylic acids is 3. The highest BCUT2D eigenvalue weighted by atomic mass is 16.6. The van der Waals surface area contributed by atoms with E-state index in [2.05, 4.69) is 81.5 Å². The Bertz CT molecular complexity index is 1370. The molecule has 6 nitrogen and oxygen atoms in total. The van der Waals surface area contributed by atoms with Crippen LogP contribution in [0.25, 0.3) is 0 Å². The van der Waals surface area contributed by atoms with Crippen LogP contribution in [0.15, 0.2) is 109 Å². The van der Waals surface area contributed by atoms with E-state index in [0.29, 0.717) is 12.8 Å². The first-order valence-electron chi connectivity index (χ1n) is 27.0. The molecular weight excluding hydrogens is 817 g/mol. The average Bonchev–Trinajstić information content (AvgIpc) is 3.31. The third kappa shape index (κ3) is 51.1. The summed E-state index contributed by atoms with van der Waals surface area (Å²) in [7, 11) is 0. The third-order valence-electron chi connectivity index (χ3n) is 11.2. The maximum atomic E-state index is 12.8. The van der Waals surface area contributed by atoms with Crippen LogP contribution >= 0.6 is 0 Å². The van der Waals surface area contributed by atoms with Crippen molar-refractivity contribution in [2.45, 2.75) is 239 Å². The van der Waals surface area contributed by atoms with E-state index >= 15 is 0 Å². The van der Waals surface area contributed by atoms with Crippen molar-refractivity contribution in [1.29, 1.82) is 0 Å². The van der Waals surface area contributed by atoms with Gasteiger partial charge in [-0.2, -0.15) is 0 Å². The zero-order valence-corrected chi connectivity index (χ0v) is 42.7. The lowest BCUT2D eigenvalue weighted by Gasteiger charge is -2.18. The van der Waals surface area contributed by atoms with E-state index in [1.807, 2.05) is 48.6 Å². The fourth-order valence-electron chi connectivity index (χ4n) is 7.16. The van der Waals surface area contributed by atoms with Gasteiger partial charge >= 0.3 is 17.9 Å². The number of allylic oxidation sites excluding steroid dienone is 18. The van der Waals surface area contributed by atoms with Gasteiger partial charge in [-0.05, 0) is 77.0 Å². The lowest BCUT2D eigenvalue weighted by Crippen LogP contribution is -2.30. The first kappa shape index (κ1) is 62.1. The Hall–Kier alpha value is -3.93. The standard InChI is InChI=1S/C60H98O6/c1-4-7-10-13-16-19-22-25-28-30-33-35-38-41-44-47-50-53-59(62)65-56-57(55-64-58(61)52-49-46-43-40-37-34-31-27-24-21-18-15-12-9-6-3)66-60(63)54-51-48-45-42-39-36-32-29-26-23-20-17-14-11-8-5-2/h8-9,11-12,15,17-18,20-21,24,26-27,29,31,34,36-37,39,57H,4-7,10,13-14,16,19,22-23,25,28,30,32-33,35,38,40-56H2,1-3H3/b11-8-,12-9-,18-15-,20-17-,24-21-,29-26-,31-27-,37-34-,39-36-. The smallest absolute Gasteiger partial charge is 0.306 e. The minimum atomic E-state index is -0.813. The Morgan fingerprint density at radius 1 is 0.333 bits per heavy atom. The molecule has 0 aliphatic heterocycles. The van der Waals surface area contributed by atoms with E-state index in [4.69, 9.17) is 14.2 Å². The van der Waals surface area contributed by atoms with Crippen LogP contribution in [0.1, 0.15) is 233 Å². The van der Waals surface area contributed by atoms with Crippen molar-refractivity contribution in [3.8, 4) is 0 Å². The normalized spacial score (nSPS) is 13.0. The van der Waals surface area contributed by atoms with Gasteiger partial charge in [0.2, 0.25) is 0 Å². The highest BCUT2D eigenvalue weighted by Gasteiger charge is 2.19. The lowest BCUT2D eigenvalue weighted by atomic mass is 10.0. The van der Waals surface area contributed by atoms with Gasteiger partial charge in [-0.3, -0.25) is 14.4 Å². The number of ether oxygens (including phenoxy) is 3. The third-order valence-corrected chi connectivity index (χ3v) is 11.2. The molecule has 0 aromatic carbocycles. The summed E-state index contributed by atoms with van der Waals surface area (Å²) in [6, 6.07) is 0. The number of unbranched alkanes of at least 4 members (excludes halogenated alkanes) is 22. The van der Waals surface area contributed by atoms with Gasteiger partial charge in [0.05, 0.1) is 0 Å². The molecule has 0 fully saturated rings. The number of carbonyl (C=O) groups is 3. The maximum absolute atomic E-state index is 12.8. The zero-order chi connectivity index (χ0) is 47.9. The summed E-state index contributed by atoms with van der Waals surface area (Å²) in [5, 5.41) is 0. The molecule has 0 radical (unpaired) electrons. The molecule has 0 saturated heterocycles. The van der Waals surface area contributed by atoms with Crippen molar-refractivity contribution in [2.75, 3.05) is 13.2 Å². The molecule has 0 amide bonds. The van der Waals surface area contributed by atoms with E-state index in [-0.39, 0.29) is 37.5 Å². The van der Waals surface area contributed by atoms with Crippen LogP contribution in [0.2, 0.25) is 0 Å². The Morgan fingerprint density at radius 3 is 1.11 bits per heavy atom. The molecule has 0 aromatic heterocycles. The lowest BCUT2D eigenvalue weighted by molar-refractivity contribution is -0.167. The molecule has 0 bridgehead atoms. The van der Waals surface area contributed by atoms with E-state index in [0.717, 1.165) is 103 Å². The number of esters is 3. The van der Waals surface area contributed by atoms with E-state index < -0.39 is 6.10 Å². The minimum Gasteiger partial charge on any atom is -0.462 e. The Morgan fingerprint density at radius 2 is 0.667 bits per heavy atom. The summed E-state index contributed by atoms with van der Waals surface area (Å²) in [5.41, 5.74) is 0. The summed E-state index contributed by atoms with van der Waals surface area (Å²) in [6.07, 6.45) is 72.2. The monoisotopic (exact) mass is 915 g/mol. The first-order valence-corrected chi connectivity index (χ1v) is 27.0. The van der Waals surface area contributed by atoms with Gasteiger partial charge in [-0.1, -0.05) is 246 Å². The van der Waals surface area contributed by atoms with E-state index in [1.165, 1.54) is 89.9 Å². The number of hydrogen-bond donors (Lipinski definition) is 0. The van der Waals surface area contributed by atoms with Gasteiger partial charge in [0, 0.05) is 19.3 Å². The molecule has 1 atom stereocenters. The molecule has 374 valence electrons. The molecule has 0 N–H and O–H groups in total. The molecule has 0 rings (SSSR count). The quantitative estimate of drug-likeness (QED) is 0.0199. The van der Waals surface area contributed by atoms with Gasteiger partial charge in [0.1, 0.15) is 13.2 Å². The highest BCUT2D eigenvalue weighted by molar-refractivity contribution is 5.71. The molecular formula is C60H98O6. The molecule has 0 spiro atoms. The number of hydrogen-bond acceptors (Lipinski definition) is 6. The van der Waals surface area contributed by atoms with Crippen molar-refractivity contribution >= 4 is 17.9 Å². The van der Waals surface area contributed by atoms with Crippen LogP contribution in [0.5, 0.6) is 0 Å². The van der Waals surface area contributed by atoms with Gasteiger partial charge in [-0.15, -0.1) is 0 Å². The van der Waals surface area contributed by atoms with Crippen LogP contribution in [0.3, 0.4) is 0 Å².